The molecule has 0 aliphatic heterocycles. The van der Waals surface area contributed by atoms with Crippen LogP contribution in [-0.4, -0.2) is 38.9 Å². The molecular weight excluding hydrogens is 304 g/mol. The molecule has 0 aliphatic rings. The third-order valence-corrected chi connectivity index (χ3v) is 4.17. The van der Waals surface area contributed by atoms with E-state index < -0.39 is 5.97 Å². The first-order valence-electron chi connectivity index (χ1n) is 7.77. The molecule has 0 unspecified atom stereocenters. The number of hydrogen-bond donors (Lipinski definition) is 1. The Kier molecular flexibility index (Phi) is 3.97. The van der Waals surface area contributed by atoms with Crippen LogP contribution in [0.5, 0.6) is 0 Å². The normalized spacial score (nSPS) is 11.2. The summed E-state index contributed by atoms with van der Waals surface area (Å²) < 4.78 is 1.74. The van der Waals surface area contributed by atoms with Gasteiger partial charge in [-0.15, -0.1) is 0 Å². The molecule has 1 N–H and O–H groups in total. The highest BCUT2D eigenvalue weighted by molar-refractivity contribution is 5.96. The van der Waals surface area contributed by atoms with Gasteiger partial charge in [0.15, 0.2) is 0 Å². The van der Waals surface area contributed by atoms with Crippen LogP contribution in [0.15, 0.2) is 36.7 Å². The second-order valence-corrected chi connectivity index (χ2v) is 6.18. The minimum atomic E-state index is -0.938. The van der Waals surface area contributed by atoms with Crippen molar-refractivity contribution in [1.82, 2.24) is 14.8 Å². The molecule has 0 amide bonds. The number of benzene rings is 1. The van der Waals surface area contributed by atoms with Crippen LogP contribution in [0.3, 0.4) is 0 Å². The lowest BCUT2D eigenvalue weighted by Gasteiger charge is -2.26. The number of carboxylic acids is 1. The fraction of sp³-hybridized carbons (Fsp3) is 0.278. The van der Waals surface area contributed by atoms with Gasteiger partial charge in [-0.05, 0) is 38.1 Å². The Balaban J connectivity index is 2.26. The van der Waals surface area contributed by atoms with Crippen LogP contribution < -0.4 is 4.90 Å². The zero-order chi connectivity index (χ0) is 17.4. The lowest BCUT2D eigenvalue weighted by atomic mass is 10.1. The molecule has 3 rings (SSSR count). The first-order chi connectivity index (χ1) is 11.4. The number of hydrogen-bond acceptors (Lipinski definition) is 4. The van der Waals surface area contributed by atoms with Crippen molar-refractivity contribution in [3.05, 3.63) is 42.2 Å². The van der Waals surface area contributed by atoms with E-state index >= 15 is 0 Å². The van der Waals surface area contributed by atoms with Gasteiger partial charge in [0, 0.05) is 37.3 Å². The van der Waals surface area contributed by atoms with Gasteiger partial charge in [0.1, 0.15) is 0 Å². The molecule has 124 valence electrons. The molecule has 6 nitrogen and oxygen atoms in total. The summed E-state index contributed by atoms with van der Waals surface area (Å²) >= 11 is 0. The van der Waals surface area contributed by atoms with Crippen molar-refractivity contribution in [2.75, 3.05) is 11.9 Å². The van der Waals surface area contributed by atoms with Gasteiger partial charge in [0.05, 0.1) is 28.7 Å². The molecule has 0 saturated carbocycles. The van der Waals surface area contributed by atoms with Gasteiger partial charge in [0.25, 0.3) is 0 Å². The molecule has 6 heteroatoms. The van der Waals surface area contributed by atoms with E-state index in [-0.39, 0.29) is 11.6 Å². The number of carboxylic acid groups (broad SMARTS) is 1. The van der Waals surface area contributed by atoms with Crippen LogP contribution in [-0.2, 0) is 7.05 Å². The van der Waals surface area contributed by atoms with Crippen molar-refractivity contribution in [2.24, 2.45) is 7.05 Å². The fourth-order valence-electron chi connectivity index (χ4n) is 2.60. The van der Waals surface area contributed by atoms with E-state index in [9.17, 15) is 9.90 Å². The predicted molar refractivity (Wildman–Crippen MR) is 94.4 cm³/mol. The monoisotopic (exact) mass is 324 g/mol. The number of rotatable bonds is 4. The summed E-state index contributed by atoms with van der Waals surface area (Å²) in [6.45, 7) is 4.20. The highest BCUT2D eigenvalue weighted by Gasteiger charge is 2.17. The lowest BCUT2D eigenvalue weighted by Crippen LogP contribution is -2.26. The lowest BCUT2D eigenvalue weighted by molar-refractivity contribution is 0.0697. The maximum Gasteiger partial charge on any atom is 0.335 e. The van der Waals surface area contributed by atoms with Gasteiger partial charge in [-0.1, -0.05) is 0 Å². The van der Waals surface area contributed by atoms with Crippen molar-refractivity contribution < 1.29 is 9.90 Å². The van der Waals surface area contributed by atoms with Crippen molar-refractivity contribution >= 4 is 22.6 Å². The summed E-state index contributed by atoms with van der Waals surface area (Å²) in [6.07, 6.45) is 3.72. The molecule has 3 aromatic rings. The van der Waals surface area contributed by atoms with E-state index in [0.29, 0.717) is 0 Å². The molecule has 0 aliphatic carbocycles. The Morgan fingerprint density at radius 2 is 2.04 bits per heavy atom. The molecule has 0 bridgehead atoms. The van der Waals surface area contributed by atoms with Gasteiger partial charge < -0.3 is 10.0 Å². The third-order valence-electron chi connectivity index (χ3n) is 4.17. The van der Waals surface area contributed by atoms with Gasteiger partial charge >= 0.3 is 5.97 Å². The Morgan fingerprint density at radius 3 is 2.62 bits per heavy atom. The van der Waals surface area contributed by atoms with E-state index in [1.165, 1.54) is 0 Å². The van der Waals surface area contributed by atoms with Crippen molar-refractivity contribution in [3.63, 3.8) is 0 Å². The molecule has 0 atom stereocenters. The van der Waals surface area contributed by atoms with Crippen LogP contribution in [0.25, 0.3) is 22.2 Å². The van der Waals surface area contributed by atoms with Crippen LogP contribution in [0.4, 0.5) is 5.69 Å². The summed E-state index contributed by atoms with van der Waals surface area (Å²) in [4.78, 5) is 18.1. The van der Waals surface area contributed by atoms with E-state index in [1.807, 2.05) is 26.4 Å². The van der Waals surface area contributed by atoms with Gasteiger partial charge in [-0.25, -0.2) is 9.78 Å². The van der Waals surface area contributed by atoms with E-state index in [0.717, 1.165) is 27.8 Å². The number of carbonyl (C=O) groups is 1. The summed E-state index contributed by atoms with van der Waals surface area (Å²) in [5.74, 6) is -0.938. The Hall–Kier alpha value is -2.89. The van der Waals surface area contributed by atoms with E-state index in [4.69, 9.17) is 4.98 Å². The first-order valence-corrected chi connectivity index (χ1v) is 7.77. The second-order valence-electron chi connectivity index (χ2n) is 6.18. The molecular formula is C18H20N4O2. The second kappa shape index (κ2) is 5.96. The smallest absolute Gasteiger partial charge is 0.335 e. The molecule has 0 radical (unpaired) electrons. The molecule has 2 heterocycles. The predicted octanol–water partition coefficient (Wildman–Crippen LogP) is 3.18. The number of fused-ring (bicyclic) bond motifs is 1. The zero-order valence-electron chi connectivity index (χ0n) is 14.2. The van der Waals surface area contributed by atoms with E-state index in [1.54, 1.807) is 29.1 Å². The summed E-state index contributed by atoms with van der Waals surface area (Å²) in [6, 6.07) is 7.27. The molecule has 2 aromatic heterocycles. The van der Waals surface area contributed by atoms with Crippen molar-refractivity contribution in [2.45, 2.75) is 19.9 Å². The quantitative estimate of drug-likeness (QED) is 0.798. The summed E-state index contributed by atoms with van der Waals surface area (Å²) in [5, 5.41) is 14.3. The molecule has 24 heavy (non-hydrogen) atoms. The number of aromatic nitrogens is 3. The highest BCUT2D eigenvalue weighted by Crippen LogP contribution is 2.32. The maximum absolute atomic E-state index is 11.2. The summed E-state index contributed by atoms with van der Waals surface area (Å²) in [7, 11) is 3.88. The SMILES string of the molecule is CC(C)N(C)c1cc2cc(C(=O)O)ccc2nc1-c1cnn(C)c1. The van der Waals surface area contributed by atoms with Crippen molar-refractivity contribution in [3.8, 4) is 11.3 Å². The Labute approximate surface area is 140 Å². The molecule has 1 aromatic carbocycles. The number of aryl methyl sites for hydroxylation is 1. The van der Waals surface area contributed by atoms with E-state index in [2.05, 4.69) is 23.8 Å². The van der Waals surface area contributed by atoms with Gasteiger partial charge in [0.2, 0.25) is 0 Å². The van der Waals surface area contributed by atoms with Crippen molar-refractivity contribution in [1.29, 1.82) is 0 Å². The standard InChI is InChI=1S/C18H20N4O2/c1-11(2)22(4)16-8-13-7-12(18(23)24)5-6-15(13)20-17(16)14-9-19-21(3)10-14/h5-11H,1-4H3,(H,23,24). The number of pyridine rings is 1. The average molecular weight is 324 g/mol. The highest BCUT2D eigenvalue weighted by atomic mass is 16.4. The topological polar surface area (TPSA) is 71.2 Å². The zero-order valence-corrected chi connectivity index (χ0v) is 14.2. The first kappa shape index (κ1) is 16.0. The molecule has 0 fully saturated rings. The Morgan fingerprint density at radius 1 is 1.29 bits per heavy atom. The molecule has 0 saturated heterocycles. The maximum atomic E-state index is 11.2. The van der Waals surface area contributed by atoms with Crippen LogP contribution in [0.1, 0.15) is 24.2 Å². The largest absolute Gasteiger partial charge is 0.478 e. The van der Waals surface area contributed by atoms with Gasteiger partial charge in [-0.3, -0.25) is 4.68 Å². The molecule has 0 spiro atoms. The van der Waals surface area contributed by atoms with Crippen LogP contribution in [0, 0.1) is 0 Å². The number of aromatic carboxylic acids is 1. The minimum Gasteiger partial charge on any atom is -0.478 e. The van der Waals surface area contributed by atoms with Gasteiger partial charge in [-0.2, -0.15) is 5.10 Å². The number of nitrogens with zero attached hydrogens (tertiary/aromatic N) is 4. The fourth-order valence-corrected chi connectivity index (χ4v) is 2.60. The third kappa shape index (κ3) is 2.82. The Bertz CT molecular complexity index is 915. The number of anilines is 1. The minimum absolute atomic E-state index is 0.261. The van der Waals surface area contributed by atoms with Crippen LogP contribution >= 0.6 is 0 Å². The summed E-state index contributed by atoms with van der Waals surface area (Å²) in [5.41, 5.74) is 3.75. The van der Waals surface area contributed by atoms with Crippen LogP contribution in [0.2, 0.25) is 0 Å². The average Bonchev–Trinajstić information content (AvgIpc) is 2.98.